The number of hydrogen-bond donors (Lipinski definition) is 1. The third-order valence-electron chi connectivity index (χ3n) is 3.47. The van der Waals surface area contributed by atoms with Crippen LogP contribution in [0.25, 0.3) is 6.08 Å². The zero-order valence-corrected chi connectivity index (χ0v) is 15.6. The van der Waals surface area contributed by atoms with Gasteiger partial charge in [0.15, 0.2) is 0 Å². The van der Waals surface area contributed by atoms with Crippen molar-refractivity contribution >= 4 is 40.9 Å². The average Bonchev–Trinajstić information content (AvgIpc) is 2.56. The van der Waals surface area contributed by atoms with Crippen molar-refractivity contribution in [3.05, 3.63) is 64.1 Å². The molecule has 2 rings (SSSR count). The SMILES string of the molecule is CC(C)(CCl)C(O)/C(=C\c1cccnc1)Oc1ccc(Cl)cc1Cl. The van der Waals surface area contributed by atoms with Crippen LogP contribution in [0.15, 0.2) is 48.5 Å². The van der Waals surface area contributed by atoms with Crippen molar-refractivity contribution in [2.45, 2.75) is 20.0 Å². The van der Waals surface area contributed by atoms with Gasteiger partial charge in [0, 0.05) is 28.7 Å². The lowest BCUT2D eigenvalue weighted by Crippen LogP contribution is -2.34. The maximum Gasteiger partial charge on any atom is 0.145 e. The van der Waals surface area contributed by atoms with Crippen LogP contribution in [0.3, 0.4) is 0 Å². The molecule has 2 aromatic rings. The number of alkyl halides is 1. The summed E-state index contributed by atoms with van der Waals surface area (Å²) in [5.74, 6) is 0.995. The molecule has 0 aliphatic rings. The molecule has 0 saturated heterocycles. The highest BCUT2D eigenvalue weighted by molar-refractivity contribution is 6.35. The number of halogens is 3. The van der Waals surface area contributed by atoms with Gasteiger partial charge in [-0.3, -0.25) is 4.98 Å². The fourth-order valence-corrected chi connectivity index (χ4v) is 2.53. The zero-order chi connectivity index (χ0) is 17.7. The molecule has 0 aliphatic carbocycles. The van der Waals surface area contributed by atoms with Crippen LogP contribution in [0.1, 0.15) is 19.4 Å². The van der Waals surface area contributed by atoms with E-state index in [-0.39, 0.29) is 5.88 Å². The molecule has 6 heteroatoms. The van der Waals surface area contributed by atoms with E-state index in [4.69, 9.17) is 39.5 Å². The van der Waals surface area contributed by atoms with Gasteiger partial charge in [0.25, 0.3) is 0 Å². The average molecular weight is 387 g/mol. The Morgan fingerprint density at radius 3 is 2.67 bits per heavy atom. The number of benzene rings is 1. The highest BCUT2D eigenvalue weighted by atomic mass is 35.5. The van der Waals surface area contributed by atoms with Crippen molar-refractivity contribution in [3.8, 4) is 5.75 Å². The zero-order valence-electron chi connectivity index (χ0n) is 13.3. The topological polar surface area (TPSA) is 42.4 Å². The Morgan fingerprint density at radius 1 is 1.33 bits per heavy atom. The van der Waals surface area contributed by atoms with Crippen LogP contribution < -0.4 is 4.74 Å². The number of aliphatic hydroxyl groups is 1. The van der Waals surface area contributed by atoms with E-state index in [9.17, 15) is 5.11 Å². The minimum absolute atomic E-state index is 0.260. The van der Waals surface area contributed by atoms with E-state index < -0.39 is 11.5 Å². The van der Waals surface area contributed by atoms with Crippen LogP contribution in [-0.2, 0) is 0 Å². The van der Waals surface area contributed by atoms with Crippen LogP contribution in [-0.4, -0.2) is 22.1 Å². The summed E-state index contributed by atoms with van der Waals surface area (Å²) in [5, 5.41) is 11.6. The van der Waals surface area contributed by atoms with Crippen molar-refractivity contribution < 1.29 is 9.84 Å². The van der Waals surface area contributed by atoms with Gasteiger partial charge in [-0.05, 0) is 35.9 Å². The molecule has 0 bridgehead atoms. The molecule has 0 amide bonds. The molecule has 1 N–H and O–H groups in total. The summed E-state index contributed by atoms with van der Waals surface area (Å²) in [6.07, 6.45) is 4.14. The minimum Gasteiger partial charge on any atom is -0.457 e. The van der Waals surface area contributed by atoms with Gasteiger partial charge in [0.05, 0.1) is 5.02 Å². The summed E-state index contributed by atoms with van der Waals surface area (Å²) in [6.45, 7) is 3.71. The highest BCUT2D eigenvalue weighted by Crippen LogP contribution is 2.34. The van der Waals surface area contributed by atoms with E-state index in [2.05, 4.69) is 4.98 Å². The van der Waals surface area contributed by atoms with E-state index in [1.165, 1.54) is 0 Å². The summed E-state index contributed by atoms with van der Waals surface area (Å²) in [4.78, 5) is 4.06. The molecule has 0 fully saturated rings. The van der Waals surface area contributed by atoms with E-state index in [1.54, 1.807) is 42.7 Å². The second-order valence-electron chi connectivity index (χ2n) is 6.03. The summed E-state index contributed by atoms with van der Waals surface area (Å²) in [6, 6.07) is 8.57. The number of nitrogens with zero attached hydrogens (tertiary/aromatic N) is 1. The maximum absolute atomic E-state index is 10.7. The standard InChI is InChI=1S/C18H18Cl3NO2/c1-18(2,11-19)17(23)16(8-12-4-3-7-22-10-12)24-15-6-5-13(20)9-14(15)21/h3-10,17,23H,11H2,1-2H3/b16-8+. The lowest BCUT2D eigenvalue weighted by molar-refractivity contribution is 0.0663. The Bertz CT molecular complexity index is 717. The fourth-order valence-electron chi connectivity index (χ4n) is 1.93. The van der Waals surface area contributed by atoms with Crippen molar-refractivity contribution in [2.24, 2.45) is 5.41 Å². The largest absolute Gasteiger partial charge is 0.457 e. The Kier molecular flexibility index (Phi) is 6.53. The minimum atomic E-state index is -0.929. The first-order valence-electron chi connectivity index (χ1n) is 7.32. The van der Waals surface area contributed by atoms with Crippen LogP contribution in [0.4, 0.5) is 0 Å². The molecule has 0 saturated carbocycles. The number of rotatable bonds is 6. The van der Waals surface area contributed by atoms with Crippen molar-refractivity contribution in [3.63, 3.8) is 0 Å². The van der Waals surface area contributed by atoms with Crippen LogP contribution in [0.5, 0.6) is 5.75 Å². The van der Waals surface area contributed by atoms with Crippen LogP contribution in [0, 0.1) is 5.41 Å². The second kappa shape index (κ2) is 8.21. The molecule has 0 spiro atoms. The first kappa shape index (κ1) is 19.1. The van der Waals surface area contributed by atoms with E-state index in [0.29, 0.717) is 21.6 Å². The number of ether oxygens (including phenoxy) is 1. The summed E-state index contributed by atoms with van der Waals surface area (Å²) in [7, 11) is 0. The van der Waals surface area contributed by atoms with Gasteiger partial charge >= 0.3 is 0 Å². The lowest BCUT2D eigenvalue weighted by atomic mass is 9.87. The van der Waals surface area contributed by atoms with Gasteiger partial charge in [-0.2, -0.15) is 0 Å². The smallest absolute Gasteiger partial charge is 0.145 e. The molecular formula is C18H18Cl3NO2. The van der Waals surface area contributed by atoms with Gasteiger partial charge in [-0.1, -0.05) is 43.1 Å². The first-order valence-corrected chi connectivity index (χ1v) is 8.61. The third kappa shape index (κ3) is 4.87. The molecule has 1 aromatic carbocycles. The van der Waals surface area contributed by atoms with Crippen LogP contribution in [0.2, 0.25) is 10.0 Å². The van der Waals surface area contributed by atoms with Crippen LogP contribution >= 0.6 is 34.8 Å². The maximum atomic E-state index is 10.7. The normalized spacial score (nSPS) is 13.7. The molecule has 24 heavy (non-hydrogen) atoms. The molecular weight excluding hydrogens is 369 g/mol. The van der Waals surface area contributed by atoms with Gasteiger partial charge in [0.2, 0.25) is 0 Å². The molecule has 128 valence electrons. The monoisotopic (exact) mass is 385 g/mol. The summed E-state index contributed by atoms with van der Waals surface area (Å²) in [5.41, 5.74) is 0.205. The van der Waals surface area contributed by atoms with E-state index >= 15 is 0 Å². The Hall–Kier alpha value is -1.26. The Morgan fingerprint density at radius 2 is 2.08 bits per heavy atom. The molecule has 1 heterocycles. The molecule has 1 aromatic heterocycles. The van der Waals surface area contributed by atoms with Gasteiger partial charge in [0.1, 0.15) is 17.6 Å². The van der Waals surface area contributed by atoms with Crippen molar-refractivity contribution in [1.29, 1.82) is 0 Å². The first-order chi connectivity index (χ1) is 11.3. The number of hydrogen-bond acceptors (Lipinski definition) is 3. The quantitative estimate of drug-likeness (QED) is 0.531. The highest BCUT2D eigenvalue weighted by Gasteiger charge is 2.32. The van der Waals surface area contributed by atoms with Gasteiger partial charge in [-0.25, -0.2) is 0 Å². The summed E-state index contributed by atoms with van der Waals surface area (Å²) < 4.78 is 5.89. The molecule has 1 unspecified atom stereocenters. The Labute approximate surface area is 156 Å². The van der Waals surface area contributed by atoms with E-state index in [0.717, 1.165) is 5.56 Å². The molecule has 1 atom stereocenters. The van der Waals surface area contributed by atoms with Gasteiger partial charge < -0.3 is 9.84 Å². The number of pyridine rings is 1. The predicted molar refractivity (Wildman–Crippen MR) is 99.8 cm³/mol. The van der Waals surface area contributed by atoms with Gasteiger partial charge in [-0.15, -0.1) is 11.6 Å². The lowest BCUT2D eigenvalue weighted by Gasteiger charge is -2.30. The molecule has 0 aliphatic heterocycles. The summed E-state index contributed by atoms with van der Waals surface area (Å²) >= 11 is 18.1. The van der Waals surface area contributed by atoms with E-state index in [1.807, 2.05) is 19.9 Å². The number of aromatic nitrogens is 1. The fraction of sp³-hybridized carbons (Fsp3) is 0.278. The third-order valence-corrected chi connectivity index (χ3v) is 4.69. The Balaban J connectivity index is 2.41. The second-order valence-corrected chi connectivity index (χ2v) is 7.15. The molecule has 0 radical (unpaired) electrons. The predicted octanol–water partition coefficient (Wildman–Crippen LogP) is 5.43. The molecule has 3 nitrogen and oxygen atoms in total. The van der Waals surface area contributed by atoms with Crippen molar-refractivity contribution in [2.75, 3.05) is 5.88 Å². The van der Waals surface area contributed by atoms with Crippen molar-refractivity contribution in [1.82, 2.24) is 4.98 Å². The number of aliphatic hydroxyl groups excluding tert-OH is 1.